The van der Waals surface area contributed by atoms with Gasteiger partial charge in [0.15, 0.2) is 22.4 Å². The van der Waals surface area contributed by atoms with Crippen LogP contribution in [0.25, 0.3) is 0 Å². The molecule has 4 fully saturated rings. The van der Waals surface area contributed by atoms with Gasteiger partial charge in [-0.1, -0.05) is 96.2 Å². The second-order valence-corrected chi connectivity index (χ2v) is 37.9. The van der Waals surface area contributed by atoms with Crippen molar-refractivity contribution in [2.24, 2.45) is 5.92 Å². The predicted octanol–water partition coefficient (Wildman–Crippen LogP) is 11.1. The van der Waals surface area contributed by atoms with Gasteiger partial charge in [0.25, 0.3) is 0 Å². The fraction of sp³-hybridized carbons (Fsp3) is 0.667. The van der Waals surface area contributed by atoms with Gasteiger partial charge in [0.2, 0.25) is 0 Å². The summed E-state index contributed by atoms with van der Waals surface area (Å²) in [7, 11) is -2.24. The van der Waals surface area contributed by atoms with E-state index in [-0.39, 0.29) is 91.9 Å². The number of methoxy groups -OCH3 is 2. The van der Waals surface area contributed by atoms with Crippen LogP contribution in [0.15, 0.2) is 96.1 Å². The number of ether oxygens (including phenoxy) is 10. The lowest BCUT2D eigenvalue weighted by Crippen LogP contribution is -2.67. The van der Waals surface area contributed by atoms with Crippen molar-refractivity contribution in [3.63, 3.8) is 0 Å². The lowest BCUT2D eigenvalue weighted by Gasteiger charge is -2.53. The van der Waals surface area contributed by atoms with Crippen LogP contribution in [0.1, 0.15) is 146 Å². The van der Waals surface area contributed by atoms with E-state index in [4.69, 9.17) is 56.2 Å². The molecular formula is C69H100O18Si2. The maximum Gasteiger partial charge on any atom is 0.338 e. The summed E-state index contributed by atoms with van der Waals surface area (Å²) in [6.07, 6.45) is -2.76. The number of aliphatic hydroxyl groups excluding tert-OH is 1. The number of allylic oxidation sites excluding steroid dienone is 1. The van der Waals surface area contributed by atoms with Crippen LogP contribution in [-0.4, -0.2) is 177 Å². The van der Waals surface area contributed by atoms with Crippen molar-refractivity contribution in [1.82, 2.24) is 0 Å². The number of esters is 3. The Kier molecular flexibility index (Phi) is 24.1. The molecule has 0 spiro atoms. The van der Waals surface area contributed by atoms with Crippen LogP contribution in [0.3, 0.4) is 0 Å². The molecule has 0 radical (unpaired) electrons. The van der Waals surface area contributed by atoms with Crippen molar-refractivity contribution in [3.05, 3.63) is 107 Å². The summed E-state index contributed by atoms with van der Waals surface area (Å²) in [5.41, 5.74) is 3.33. The number of ketones is 2. The van der Waals surface area contributed by atoms with Gasteiger partial charge < -0.3 is 61.3 Å². The standard InChI is InChI=1S/C69H100O18Si2/c1-42-33-49-28-31-54-43(2)34-48(80-54)27-25-46(70)26-30-56(86-88(11,12)68(3,4)5)64-65(87-89(13,14)69(6,7)8)61(73)63-55(85-64)32-29-50(82-63)35-47(71)36-52-57(38-58(81-49)53(42)40-78-60(72)41-76-9)84-59(62(52)77-10)37-51(83-67(75)45-23-19-16-20-24-45)39-79-66(74)44-21-17-15-18-22-44/h15-24,26,30,48-52,54-59,61-65,73H,2,25,27-29,31-41H2,1,3-14H3/b30-26+/t48?,49?,50-,51+,52+,54?,55+,56?,57?,58?,59?,61+,62-,63+,64+,65?/m1/s1. The Labute approximate surface area is 529 Å². The van der Waals surface area contributed by atoms with E-state index in [1.165, 1.54) is 7.11 Å². The number of aliphatic hydroxyl groups is 1. The molecule has 1 N–H and O–H groups in total. The lowest BCUT2D eigenvalue weighted by atomic mass is 9.83. The van der Waals surface area contributed by atoms with E-state index in [2.05, 4.69) is 74.3 Å². The lowest BCUT2D eigenvalue weighted by molar-refractivity contribution is -0.269. The second-order valence-electron chi connectivity index (χ2n) is 28.4. The van der Waals surface area contributed by atoms with E-state index in [1.54, 1.807) is 73.8 Å². The highest BCUT2D eigenvalue weighted by atomic mass is 28.4. The van der Waals surface area contributed by atoms with Crippen LogP contribution in [0.2, 0.25) is 36.3 Å². The summed E-state index contributed by atoms with van der Waals surface area (Å²) in [6, 6.07) is 17.1. The first-order chi connectivity index (χ1) is 42.0. The molecule has 2 aromatic rings. The highest BCUT2D eigenvalue weighted by Crippen LogP contribution is 2.46. The number of benzene rings is 2. The first kappa shape index (κ1) is 70.3. The molecule has 16 atom stereocenters. The quantitative estimate of drug-likeness (QED) is 0.0715. The summed E-state index contributed by atoms with van der Waals surface area (Å²) in [4.78, 5) is 69.3. The maximum atomic E-state index is 15.1. The Morgan fingerprint density at radius 2 is 1.30 bits per heavy atom. The van der Waals surface area contributed by atoms with Crippen LogP contribution in [0.4, 0.5) is 0 Å². The van der Waals surface area contributed by atoms with E-state index in [9.17, 15) is 24.3 Å². The van der Waals surface area contributed by atoms with Gasteiger partial charge in [-0.3, -0.25) is 9.59 Å². The summed E-state index contributed by atoms with van der Waals surface area (Å²) < 4.78 is 78.6. The minimum absolute atomic E-state index is 0.00323. The number of carbonyl (C=O) groups excluding carboxylic acids is 5. The van der Waals surface area contributed by atoms with Gasteiger partial charge >= 0.3 is 17.9 Å². The Morgan fingerprint density at radius 3 is 1.96 bits per heavy atom. The third-order valence-corrected chi connectivity index (χ3v) is 28.7. The Bertz CT molecular complexity index is 2810. The molecule has 0 aliphatic carbocycles. The third-order valence-electron chi connectivity index (χ3n) is 19.8. The number of hydrogen-bond donors (Lipinski definition) is 1. The van der Waals surface area contributed by atoms with Crippen LogP contribution < -0.4 is 0 Å². The first-order valence-corrected chi connectivity index (χ1v) is 37.9. The van der Waals surface area contributed by atoms with Gasteiger partial charge in [-0.15, -0.1) is 0 Å². The SMILES string of the molecule is C=C1CC2CCC(=O)/C=C/C(O[Si](C)(C)C(C)(C)C)[C@@H]3O[C@H]4CC[C@H](CC(=O)C[C@H]5C(CC6OC(CCC1O2)CC(C)=C6COC(=O)COC)OC(C[C@@H](COC(=O)c1ccccc1)OC(=O)c1ccccc1)[C@@H]5OC)O[C@@H]4[C@H](O)C3O[Si](C)(C)C(C)(C)C. The summed E-state index contributed by atoms with van der Waals surface area (Å²) >= 11 is 0. The third kappa shape index (κ3) is 18.2. The predicted molar refractivity (Wildman–Crippen MR) is 339 cm³/mol. The molecule has 89 heavy (non-hydrogen) atoms. The van der Waals surface area contributed by atoms with Crippen molar-refractivity contribution >= 4 is 46.1 Å². The van der Waals surface area contributed by atoms with Crippen molar-refractivity contribution in [2.75, 3.05) is 34.0 Å². The average Bonchev–Trinajstić information content (AvgIpc) is 1.16. The molecule has 0 amide bonds. The molecule has 10 rings (SSSR count). The summed E-state index contributed by atoms with van der Waals surface area (Å²) in [5.74, 6) is -2.58. The molecule has 492 valence electrons. The summed E-state index contributed by atoms with van der Waals surface area (Å²) in [6.45, 7) is 27.3. The topological polar surface area (TPSA) is 216 Å². The molecule has 2 aromatic carbocycles. The molecule has 0 saturated carbocycles. The average molecular weight is 1270 g/mol. The van der Waals surface area contributed by atoms with Gasteiger partial charge in [0.1, 0.15) is 56.1 Å². The molecular weight excluding hydrogens is 1170 g/mol. The van der Waals surface area contributed by atoms with E-state index in [0.717, 1.165) is 16.7 Å². The van der Waals surface area contributed by atoms with Gasteiger partial charge in [-0.05, 0) is 130 Å². The maximum absolute atomic E-state index is 15.1. The highest BCUT2D eigenvalue weighted by molar-refractivity contribution is 6.74. The van der Waals surface area contributed by atoms with E-state index < -0.39 is 114 Å². The zero-order chi connectivity index (χ0) is 64.6. The number of carbonyl (C=O) groups is 5. The van der Waals surface area contributed by atoms with Gasteiger partial charge in [0.05, 0.1) is 72.2 Å². The van der Waals surface area contributed by atoms with Crippen molar-refractivity contribution < 1.29 is 85.3 Å². The van der Waals surface area contributed by atoms with Crippen molar-refractivity contribution in [1.29, 1.82) is 0 Å². The van der Waals surface area contributed by atoms with Crippen LogP contribution >= 0.6 is 0 Å². The molecule has 8 aliphatic heterocycles. The molecule has 8 aliphatic rings. The number of fused-ring (bicyclic) bond motifs is 2. The minimum atomic E-state index is -2.66. The number of hydrogen-bond acceptors (Lipinski definition) is 18. The largest absolute Gasteiger partial charge is 0.459 e. The van der Waals surface area contributed by atoms with Crippen LogP contribution in [0, 0.1) is 5.92 Å². The monoisotopic (exact) mass is 1270 g/mol. The number of Topliss-reactive ketones (excluding diaryl/α,β-unsaturated/α-hetero) is 1. The summed E-state index contributed by atoms with van der Waals surface area (Å²) in [5, 5.41) is 12.4. The van der Waals surface area contributed by atoms with Crippen LogP contribution in [0.5, 0.6) is 0 Å². The van der Waals surface area contributed by atoms with Crippen LogP contribution in [-0.2, 0) is 70.6 Å². The van der Waals surface area contributed by atoms with E-state index in [1.807, 2.05) is 13.0 Å². The van der Waals surface area contributed by atoms with Crippen molar-refractivity contribution in [3.8, 4) is 0 Å². The minimum Gasteiger partial charge on any atom is -0.459 e. The normalized spacial score (nSPS) is 31.9. The fourth-order valence-corrected chi connectivity index (χ4v) is 15.3. The Balaban J connectivity index is 1.14. The first-order valence-electron chi connectivity index (χ1n) is 32.1. The molecule has 4 saturated heterocycles. The molecule has 8 unspecified atom stereocenters. The molecule has 8 heterocycles. The molecule has 0 aromatic heterocycles. The van der Waals surface area contributed by atoms with E-state index >= 15 is 4.79 Å². The highest BCUT2D eigenvalue weighted by Gasteiger charge is 2.56. The second kappa shape index (κ2) is 30.5. The van der Waals surface area contributed by atoms with Gasteiger partial charge in [-0.2, -0.15) is 0 Å². The fourth-order valence-electron chi connectivity index (χ4n) is 12.7. The Morgan fingerprint density at radius 1 is 0.685 bits per heavy atom. The van der Waals surface area contributed by atoms with Crippen molar-refractivity contribution in [2.45, 2.75) is 253 Å². The molecule has 20 heteroatoms. The van der Waals surface area contributed by atoms with Gasteiger partial charge in [0, 0.05) is 52.2 Å². The molecule has 8 bridgehead atoms. The van der Waals surface area contributed by atoms with E-state index in [0.29, 0.717) is 56.1 Å². The number of rotatable bonds is 16. The Hall–Kier alpha value is -4.56. The zero-order valence-corrected chi connectivity index (χ0v) is 56.9. The molecule has 18 nitrogen and oxygen atoms in total. The smallest absolute Gasteiger partial charge is 0.338 e. The van der Waals surface area contributed by atoms with Gasteiger partial charge in [-0.25, -0.2) is 14.4 Å². The zero-order valence-electron chi connectivity index (χ0n) is 54.9.